The molecule has 1 aliphatic rings. The Hall–Kier alpha value is -1.45. The summed E-state index contributed by atoms with van der Waals surface area (Å²) in [4.78, 5) is 14.9. The fourth-order valence-corrected chi connectivity index (χ4v) is 1.72. The summed E-state index contributed by atoms with van der Waals surface area (Å²) in [6.45, 7) is 0. The Morgan fingerprint density at radius 1 is 1.40 bits per heavy atom. The van der Waals surface area contributed by atoms with Crippen molar-refractivity contribution in [3.63, 3.8) is 0 Å². The molecule has 0 saturated heterocycles. The Kier molecular flexibility index (Phi) is 2.94. The SMILES string of the molecule is O=C(OC1CCCC1)c1ccc(F)nc1. The lowest BCUT2D eigenvalue weighted by atomic mass is 10.2. The summed E-state index contributed by atoms with van der Waals surface area (Å²) in [7, 11) is 0. The number of ether oxygens (including phenoxy) is 1. The molecule has 1 aromatic heterocycles. The van der Waals surface area contributed by atoms with E-state index in [-0.39, 0.29) is 6.10 Å². The van der Waals surface area contributed by atoms with Crippen molar-refractivity contribution in [2.45, 2.75) is 31.8 Å². The third kappa shape index (κ3) is 2.52. The average Bonchev–Trinajstić information content (AvgIpc) is 2.71. The molecule has 1 aromatic rings. The van der Waals surface area contributed by atoms with Crippen molar-refractivity contribution in [1.82, 2.24) is 4.98 Å². The zero-order valence-corrected chi connectivity index (χ0v) is 8.28. The number of rotatable bonds is 2. The van der Waals surface area contributed by atoms with Gasteiger partial charge in [-0.2, -0.15) is 4.39 Å². The average molecular weight is 209 g/mol. The lowest BCUT2D eigenvalue weighted by Gasteiger charge is -2.10. The monoisotopic (exact) mass is 209 g/mol. The van der Waals surface area contributed by atoms with Gasteiger partial charge in [-0.1, -0.05) is 0 Å². The van der Waals surface area contributed by atoms with Gasteiger partial charge in [-0.15, -0.1) is 0 Å². The van der Waals surface area contributed by atoms with E-state index < -0.39 is 11.9 Å². The quantitative estimate of drug-likeness (QED) is 0.554. The van der Waals surface area contributed by atoms with Crippen molar-refractivity contribution in [1.29, 1.82) is 0 Å². The van der Waals surface area contributed by atoms with Gasteiger partial charge < -0.3 is 4.74 Å². The number of nitrogens with zero attached hydrogens (tertiary/aromatic N) is 1. The summed E-state index contributed by atoms with van der Waals surface area (Å²) in [6, 6.07) is 2.55. The van der Waals surface area contributed by atoms with Crippen molar-refractivity contribution >= 4 is 5.97 Å². The van der Waals surface area contributed by atoms with Crippen LogP contribution in [0.5, 0.6) is 0 Å². The zero-order chi connectivity index (χ0) is 10.7. The molecule has 1 heterocycles. The number of carbonyl (C=O) groups excluding carboxylic acids is 1. The largest absolute Gasteiger partial charge is 0.459 e. The maximum Gasteiger partial charge on any atom is 0.339 e. The molecule has 0 aliphatic heterocycles. The first kappa shape index (κ1) is 10.1. The van der Waals surface area contributed by atoms with Gasteiger partial charge in [0.25, 0.3) is 0 Å². The minimum atomic E-state index is -0.590. The van der Waals surface area contributed by atoms with E-state index in [1.807, 2.05) is 0 Å². The molecule has 15 heavy (non-hydrogen) atoms. The lowest BCUT2D eigenvalue weighted by molar-refractivity contribution is 0.0317. The number of aromatic nitrogens is 1. The molecule has 0 aromatic carbocycles. The van der Waals surface area contributed by atoms with E-state index in [0.29, 0.717) is 5.56 Å². The highest BCUT2D eigenvalue weighted by molar-refractivity contribution is 5.89. The molecule has 4 heteroatoms. The number of pyridine rings is 1. The standard InChI is InChI=1S/C11H12FNO2/c12-10-6-5-8(7-13-10)11(14)15-9-3-1-2-4-9/h5-7,9H,1-4H2. The Labute approximate surface area is 87.3 Å². The van der Waals surface area contributed by atoms with Crippen molar-refractivity contribution in [2.24, 2.45) is 0 Å². The Morgan fingerprint density at radius 3 is 2.73 bits per heavy atom. The van der Waals surface area contributed by atoms with E-state index in [4.69, 9.17) is 4.74 Å². The fourth-order valence-electron chi connectivity index (χ4n) is 1.72. The molecule has 1 saturated carbocycles. The summed E-state index contributed by atoms with van der Waals surface area (Å²) in [6.07, 6.45) is 5.31. The first-order valence-corrected chi connectivity index (χ1v) is 5.08. The summed E-state index contributed by atoms with van der Waals surface area (Å²) >= 11 is 0. The van der Waals surface area contributed by atoms with Gasteiger partial charge in [0, 0.05) is 6.20 Å². The van der Waals surface area contributed by atoms with Gasteiger partial charge in [0.1, 0.15) is 6.10 Å². The van der Waals surface area contributed by atoms with Crippen molar-refractivity contribution in [3.05, 3.63) is 29.8 Å². The Bertz CT molecular complexity index is 344. The molecule has 0 atom stereocenters. The molecule has 80 valence electrons. The molecule has 0 radical (unpaired) electrons. The topological polar surface area (TPSA) is 39.2 Å². The van der Waals surface area contributed by atoms with Crippen LogP contribution >= 0.6 is 0 Å². The number of hydrogen-bond donors (Lipinski definition) is 0. The van der Waals surface area contributed by atoms with Crippen molar-refractivity contribution < 1.29 is 13.9 Å². The van der Waals surface area contributed by atoms with Gasteiger partial charge >= 0.3 is 5.97 Å². The zero-order valence-electron chi connectivity index (χ0n) is 8.28. The van der Waals surface area contributed by atoms with Gasteiger partial charge in [-0.25, -0.2) is 9.78 Å². The molecule has 1 fully saturated rings. The van der Waals surface area contributed by atoms with Crippen LogP contribution in [0.2, 0.25) is 0 Å². The van der Waals surface area contributed by atoms with Gasteiger partial charge in [0.15, 0.2) is 0 Å². The maximum absolute atomic E-state index is 12.5. The molecular weight excluding hydrogens is 197 g/mol. The maximum atomic E-state index is 12.5. The Balaban J connectivity index is 1.98. The molecule has 2 rings (SSSR count). The molecule has 0 unspecified atom stereocenters. The second-order valence-electron chi connectivity index (χ2n) is 3.68. The highest BCUT2D eigenvalue weighted by atomic mass is 19.1. The first-order chi connectivity index (χ1) is 7.25. The second kappa shape index (κ2) is 4.38. The Morgan fingerprint density at radius 2 is 2.13 bits per heavy atom. The van der Waals surface area contributed by atoms with Crippen LogP contribution in [-0.4, -0.2) is 17.1 Å². The highest BCUT2D eigenvalue weighted by Gasteiger charge is 2.20. The van der Waals surface area contributed by atoms with E-state index in [1.165, 1.54) is 12.3 Å². The van der Waals surface area contributed by atoms with Crippen LogP contribution in [-0.2, 0) is 4.74 Å². The van der Waals surface area contributed by atoms with E-state index in [1.54, 1.807) is 0 Å². The van der Waals surface area contributed by atoms with Crippen LogP contribution in [0.15, 0.2) is 18.3 Å². The van der Waals surface area contributed by atoms with Crippen LogP contribution in [0.25, 0.3) is 0 Å². The number of hydrogen-bond acceptors (Lipinski definition) is 3. The molecule has 0 spiro atoms. The van der Waals surface area contributed by atoms with E-state index in [9.17, 15) is 9.18 Å². The lowest BCUT2D eigenvalue weighted by Crippen LogP contribution is -2.14. The molecule has 1 aliphatic carbocycles. The van der Waals surface area contributed by atoms with Gasteiger partial charge in [0.05, 0.1) is 5.56 Å². The predicted molar refractivity (Wildman–Crippen MR) is 51.9 cm³/mol. The summed E-state index contributed by atoms with van der Waals surface area (Å²) in [5, 5.41) is 0. The summed E-state index contributed by atoms with van der Waals surface area (Å²) < 4.78 is 17.7. The number of halogens is 1. The minimum Gasteiger partial charge on any atom is -0.459 e. The van der Waals surface area contributed by atoms with Gasteiger partial charge in [-0.3, -0.25) is 0 Å². The summed E-state index contributed by atoms with van der Waals surface area (Å²) in [5.41, 5.74) is 0.309. The third-order valence-electron chi connectivity index (χ3n) is 2.54. The number of carbonyl (C=O) groups is 1. The van der Waals surface area contributed by atoms with Gasteiger partial charge in [-0.05, 0) is 37.8 Å². The molecule has 0 bridgehead atoms. The predicted octanol–water partition coefficient (Wildman–Crippen LogP) is 2.32. The minimum absolute atomic E-state index is 0.0301. The smallest absolute Gasteiger partial charge is 0.339 e. The first-order valence-electron chi connectivity index (χ1n) is 5.08. The highest BCUT2D eigenvalue weighted by Crippen LogP contribution is 2.21. The van der Waals surface area contributed by atoms with Crippen LogP contribution in [0, 0.1) is 5.95 Å². The fraction of sp³-hybridized carbons (Fsp3) is 0.455. The second-order valence-corrected chi connectivity index (χ2v) is 3.68. The summed E-state index contributed by atoms with van der Waals surface area (Å²) in [5.74, 6) is -0.998. The van der Waals surface area contributed by atoms with Crippen LogP contribution in [0.1, 0.15) is 36.0 Å². The molecule has 0 N–H and O–H groups in total. The normalized spacial score (nSPS) is 16.6. The molecule has 3 nitrogen and oxygen atoms in total. The van der Waals surface area contributed by atoms with Crippen molar-refractivity contribution in [3.8, 4) is 0 Å². The van der Waals surface area contributed by atoms with E-state index in [0.717, 1.165) is 31.7 Å². The van der Waals surface area contributed by atoms with Crippen LogP contribution in [0.3, 0.4) is 0 Å². The molecule has 0 amide bonds. The van der Waals surface area contributed by atoms with Crippen LogP contribution in [0.4, 0.5) is 4.39 Å². The van der Waals surface area contributed by atoms with Crippen molar-refractivity contribution in [2.75, 3.05) is 0 Å². The van der Waals surface area contributed by atoms with Crippen LogP contribution < -0.4 is 0 Å². The number of esters is 1. The van der Waals surface area contributed by atoms with Gasteiger partial charge in [0.2, 0.25) is 5.95 Å². The van der Waals surface area contributed by atoms with E-state index in [2.05, 4.69) is 4.98 Å². The third-order valence-corrected chi connectivity index (χ3v) is 2.54. The van der Waals surface area contributed by atoms with E-state index >= 15 is 0 Å². The molecular formula is C11H12FNO2.